The van der Waals surface area contributed by atoms with Gasteiger partial charge < -0.3 is 5.11 Å². The first-order valence-electron chi connectivity index (χ1n) is 5.40. The maximum absolute atomic E-state index is 9.91. The van der Waals surface area contributed by atoms with E-state index in [0.717, 1.165) is 30.6 Å². The van der Waals surface area contributed by atoms with Crippen LogP contribution in [0.4, 0.5) is 0 Å². The van der Waals surface area contributed by atoms with Crippen LogP contribution >= 0.6 is 0 Å². The minimum atomic E-state index is 0.344. The first-order chi connectivity index (χ1) is 6.61. The molecule has 0 bridgehead atoms. The van der Waals surface area contributed by atoms with Crippen LogP contribution in [0.5, 0.6) is 5.88 Å². The van der Waals surface area contributed by atoms with Gasteiger partial charge in [0, 0.05) is 12.1 Å². The molecule has 0 spiro atoms. The molecular formula is C11H20N2O. The molecule has 0 aliphatic carbocycles. The average molecular weight is 196 g/mol. The van der Waals surface area contributed by atoms with E-state index < -0.39 is 0 Å². The topological polar surface area (TPSA) is 38.0 Å². The average Bonchev–Trinajstić information content (AvgIpc) is 2.43. The van der Waals surface area contributed by atoms with Crippen LogP contribution in [0.2, 0.25) is 0 Å². The van der Waals surface area contributed by atoms with Gasteiger partial charge in [-0.1, -0.05) is 27.2 Å². The molecule has 1 N–H and O–H groups in total. The highest BCUT2D eigenvalue weighted by atomic mass is 16.3. The monoisotopic (exact) mass is 196 g/mol. The molecule has 0 aliphatic heterocycles. The Hall–Kier alpha value is -0.990. The van der Waals surface area contributed by atoms with Crippen molar-refractivity contribution in [3.8, 4) is 5.88 Å². The number of aryl methyl sites for hydroxylation is 2. The van der Waals surface area contributed by atoms with Crippen LogP contribution < -0.4 is 0 Å². The van der Waals surface area contributed by atoms with Gasteiger partial charge >= 0.3 is 0 Å². The van der Waals surface area contributed by atoms with E-state index in [1.54, 1.807) is 4.68 Å². The molecule has 0 saturated carbocycles. The van der Waals surface area contributed by atoms with Crippen LogP contribution in [-0.2, 0) is 13.0 Å². The van der Waals surface area contributed by atoms with E-state index in [4.69, 9.17) is 0 Å². The van der Waals surface area contributed by atoms with E-state index in [1.165, 1.54) is 0 Å². The summed E-state index contributed by atoms with van der Waals surface area (Å²) in [5.74, 6) is 0.697. The van der Waals surface area contributed by atoms with Gasteiger partial charge in [-0.3, -0.25) is 0 Å². The lowest BCUT2D eigenvalue weighted by atomic mass is 10.0. The minimum absolute atomic E-state index is 0.344. The van der Waals surface area contributed by atoms with Crippen molar-refractivity contribution in [3.63, 3.8) is 0 Å². The van der Waals surface area contributed by atoms with Gasteiger partial charge in [-0.05, 0) is 19.3 Å². The van der Waals surface area contributed by atoms with Crippen molar-refractivity contribution in [3.05, 3.63) is 11.3 Å². The SMILES string of the molecule is CCCc1nn(CC)c(O)c1C(C)C. The molecule has 0 aliphatic rings. The number of aromatic nitrogens is 2. The Kier molecular flexibility index (Phi) is 3.55. The largest absolute Gasteiger partial charge is 0.493 e. The molecule has 3 heteroatoms. The number of hydrogen-bond acceptors (Lipinski definition) is 2. The third-order valence-corrected chi connectivity index (χ3v) is 2.40. The number of hydrogen-bond donors (Lipinski definition) is 1. The van der Waals surface area contributed by atoms with Crippen molar-refractivity contribution >= 4 is 0 Å². The Morgan fingerprint density at radius 1 is 1.36 bits per heavy atom. The lowest BCUT2D eigenvalue weighted by Crippen LogP contribution is -1.96. The van der Waals surface area contributed by atoms with Gasteiger partial charge in [0.25, 0.3) is 0 Å². The lowest BCUT2D eigenvalue weighted by Gasteiger charge is -2.05. The minimum Gasteiger partial charge on any atom is -0.493 e. The molecule has 0 radical (unpaired) electrons. The summed E-state index contributed by atoms with van der Waals surface area (Å²) in [5.41, 5.74) is 2.08. The second kappa shape index (κ2) is 4.49. The maximum Gasteiger partial charge on any atom is 0.213 e. The Morgan fingerprint density at radius 3 is 2.43 bits per heavy atom. The molecule has 0 unspecified atom stereocenters. The Bertz CT molecular complexity index is 302. The van der Waals surface area contributed by atoms with Crippen molar-refractivity contribution in [2.75, 3.05) is 0 Å². The van der Waals surface area contributed by atoms with Gasteiger partial charge in [0.1, 0.15) is 0 Å². The summed E-state index contributed by atoms with van der Waals surface area (Å²) in [7, 11) is 0. The van der Waals surface area contributed by atoms with Gasteiger partial charge in [0.15, 0.2) is 0 Å². The summed E-state index contributed by atoms with van der Waals surface area (Å²) in [5, 5.41) is 14.3. The molecule has 14 heavy (non-hydrogen) atoms. The molecule has 1 aromatic heterocycles. The van der Waals surface area contributed by atoms with Crippen LogP contribution in [-0.4, -0.2) is 14.9 Å². The second-order valence-corrected chi connectivity index (χ2v) is 3.90. The van der Waals surface area contributed by atoms with Crippen LogP contribution in [0, 0.1) is 0 Å². The smallest absolute Gasteiger partial charge is 0.213 e. The summed E-state index contributed by atoms with van der Waals surface area (Å²) >= 11 is 0. The highest BCUT2D eigenvalue weighted by Crippen LogP contribution is 2.29. The maximum atomic E-state index is 9.91. The first-order valence-corrected chi connectivity index (χ1v) is 5.40. The third-order valence-electron chi connectivity index (χ3n) is 2.40. The number of aromatic hydroxyl groups is 1. The first kappa shape index (κ1) is 11.1. The fourth-order valence-corrected chi connectivity index (χ4v) is 1.75. The molecule has 3 nitrogen and oxygen atoms in total. The second-order valence-electron chi connectivity index (χ2n) is 3.90. The van der Waals surface area contributed by atoms with Crippen molar-refractivity contribution < 1.29 is 5.11 Å². The summed E-state index contributed by atoms with van der Waals surface area (Å²) < 4.78 is 1.68. The van der Waals surface area contributed by atoms with E-state index in [9.17, 15) is 5.11 Å². The van der Waals surface area contributed by atoms with E-state index in [1.807, 2.05) is 6.92 Å². The molecule has 0 aromatic carbocycles. The highest BCUT2D eigenvalue weighted by molar-refractivity contribution is 5.33. The molecular weight excluding hydrogens is 176 g/mol. The summed E-state index contributed by atoms with van der Waals surface area (Å²) in [6.45, 7) is 9.04. The van der Waals surface area contributed by atoms with E-state index in [-0.39, 0.29) is 0 Å². The van der Waals surface area contributed by atoms with Gasteiger partial charge in [-0.25, -0.2) is 4.68 Å². The summed E-state index contributed by atoms with van der Waals surface area (Å²) in [6.07, 6.45) is 2.02. The predicted octanol–water partition coefficient (Wildman–Crippen LogP) is 2.68. The molecule has 1 aromatic rings. The predicted molar refractivity (Wildman–Crippen MR) is 57.6 cm³/mol. The van der Waals surface area contributed by atoms with Gasteiger partial charge in [0.05, 0.1) is 5.69 Å². The van der Waals surface area contributed by atoms with Gasteiger partial charge in [-0.15, -0.1) is 0 Å². The summed E-state index contributed by atoms with van der Waals surface area (Å²) in [6, 6.07) is 0. The molecule has 1 heterocycles. The van der Waals surface area contributed by atoms with E-state index >= 15 is 0 Å². The van der Waals surface area contributed by atoms with Crippen LogP contribution in [0.1, 0.15) is 51.3 Å². The third kappa shape index (κ3) is 1.91. The van der Waals surface area contributed by atoms with Gasteiger partial charge in [-0.2, -0.15) is 5.10 Å². The van der Waals surface area contributed by atoms with Crippen molar-refractivity contribution in [1.82, 2.24) is 9.78 Å². The molecule has 0 amide bonds. The van der Waals surface area contributed by atoms with E-state index in [2.05, 4.69) is 25.9 Å². The summed E-state index contributed by atoms with van der Waals surface area (Å²) in [4.78, 5) is 0. The van der Waals surface area contributed by atoms with Crippen LogP contribution in [0.15, 0.2) is 0 Å². The molecule has 0 atom stereocenters. The lowest BCUT2D eigenvalue weighted by molar-refractivity contribution is 0.398. The standard InChI is InChI=1S/C11H20N2O/c1-5-7-9-10(8(3)4)11(14)13(6-2)12-9/h8,14H,5-7H2,1-4H3. The van der Waals surface area contributed by atoms with E-state index in [0.29, 0.717) is 11.8 Å². The van der Waals surface area contributed by atoms with Gasteiger partial charge in [0.2, 0.25) is 5.88 Å². The van der Waals surface area contributed by atoms with Crippen molar-refractivity contribution in [2.24, 2.45) is 0 Å². The zero-order valence-corrected chi connectivity index (χ0v) is 9.54. The molecule has 80 valence electrons. The van der Waals surface area contributed by atoms with Crippen molar-refractivity contribution in [2.45, 2.75) is 53.0 Å². The Labute approximate surface area is 85.8 Å². The fourth-order valence-electron chi connectivity index (χ4n) is 1.75. The quantitative estimate of drug-likeness (QED) is 0.804. The normalized spacial score (nSPS) is 11.2. The van der Waals surface area contributed by atoms with Crippen LogP contribution in [0.3, 0.4) is 0 Å². The Balaban J connectivity index is 3.13. The van der Waals surface area contributed by atoms with Crippen LogP contribution in [0.25, 0.3) is 0 Å². The Morgan fingerprint density at radius 2 is 2.00 bits per heavy atom. The molecule has 0 fully saturated rings. The number of nitrogens with zero attached hydrogens (tertiary/aromatic N) is 2. The molecule has 0 saturated heterocycles. The zero-order chi connectivity index (χ0) is 10.7. The molecule has 1 rings (SSSR count). The highest BCUT2D eigenvalue weighted by Gasteiger charge is 2.18. The fraction of sp³-hybridized carbons (Fsp3) is 0.727. The zero-order valence-electron chi connectivity index (χ0n) is 9.54. The van der Waals surface area contributed by atoms with Crippen molar-refractivity contribution in [1.29, 1.82) is 0 Å². The number of rotatable bonds is 4.